The molecule has 3 aliphatic rings. The van der Waals surface area contributed by atoms with E-state index in [0.717, 1.165) is 32.1 Å². The summed E-state index contributed by atoms with van der Waals surface area (Å²) in [5.74, 6) is 1.77. The van der Waals surface area contributed by atoms with Crippen LogP contribution in [0.25, 0.3) is 0 Å². The van der Waals surface area contributed by atoms with E-state index in [4.69, 9.17) is 22.8 Å². The molecule has 0 spiro atoms. The fourth-order valence-electron chi connectivity index (χ4n) is 7.45. The third-order valence-corrected chi connectivity index (χ3v) is 15.4. The quantitative estimate of drug-likeness (QED) is 0.119. The van der Waals surface area contributed by atoms with Crippen molar-refractivity contribution in [3.05, 3.63) is 29.3 Å². The lowest BCUT2D eigenvalue weighted by Gasteiger charge is -2.48. The molecule has 1 aromatic rings. The van der Waals surface area contributed by atoms with Gasteiger partial charge in [0.15, 0.2) is 5.40 Å². The van der Waals surface area contributed by atoms with Crippen molar-refractivity contribution in [2.75, 3.05) is 26.4 Å². The van der Waals surface area contributed by atoms with Gasteiger partial charge in [-0.15, -0.1) is 0 Å². The second kappa shape index (κ2) is 13.5. The highest BCUT2D eigenvalue weighted by molar-refractivity contribution is 7.72. The van der Waals surface area contributed by atoms with Crippen LogP contribution in [0.1, 0.15) is 96.6 Å². The van der Waals surface area contributed by atoms with E-state index in [1.165, 1.54) is 11.1 Å². The van der Waals surface area contributed by atoms with Crippen LogP contribution < -0.4 is 4.74 Å². The lowest BCUT2D eigenvalue weighted by Crippen LogP contribution is -2.42. The standard InChI is InChI=1S/C30H46O9P2/c1-6-35-40(33,36-7-2)29(41(34,37-8-3)38-9-4)17-16-28(32)39-22-11-13-23-21(20-22)10-12-25-24(23)18-19-30(5)26(25)14-15-27(30)31/h11,13,20,24-26,29H,6-10,12,14-19H2,1-5H3/t24-,25-,26+,30+/m1/s1. The van der Waals surface area contributed by atoms with Gasteiger partial charge >= 0.3 is 21.2 Å². The van der Waals surface area contributed by atoms with Crippen LogP contribution in [0.2, 0.25) is 0 Å². The maximum absolute atomic E-state index is 13.7. The average molecular weight is 613 g/mol. The Morgan fingerprint density at radius 3 is 2.12 bits per heavy atom. The summed E-state index contributed by atoms with van der Waals surface area (Å²) in [6.45, 7) is 9.14. The SMILES string of the molecule is CCOP(=O)(OCC)C(CCC(=O)Oc1ccc2c(c1)CC[C@@H]1[C@@H]2CC[C@]2(C)C(=O)CC[C@@H]12)P(=O)(OCC)OCC. The number of carbonyl (C=O) groups is 2. The number of benzene rings is 1. The highest BCUT2D eigenvalue weighted by atomic mass is 31.2. The van der Waals surface area contributed by atoms with Gasteiger partial charge in [-0.05, 0) is 107 Å². The molecule has 230 valence electrons. The van der Waals surface area contributed by atoms with Crippen molar-refractivity contribution in [1.29, 1.82) is 0 Å². The van der Waals surface area contributed by atoms with Crippen LogP contribution in [-0.2, 0) is 43.2 Å². The maximum Gasteiger partial charge on any atom is 0.345 e. The van der Waals surface area contributed by atoms with Crippen molar-refractivity contribution in [2.24, 2.45) is 17.3 Å². The molecule has 0 aliphatic heterocycles. The van der Waals surface area contributed by atoms with Crippen molar-refractivity contribution in [3.63, 3.8) is 0 Å². The zero-order valence-electron chi connectivity index (χ0n) is 25.1. The van der Waals surface area contributed by atoms with E-state index in [0.29, 0.717) is 35.7 Å². The molecule has 0 radical (unpaired) electrons. The molecule has 3 aliphatic carbocycles. The number of Topliss-reactive ketones (excluding diaryl/α,β-unsaturated/α-hetero) is 1. The molecule has 0 aromatic heterocycles. The molecule has 0 heterocycles. The van der Waals surface area contributed by atoms with Crippen LogP contribution in [0.3, 0.4) is 0 Å². The van der Waals surface area contributed by atoms with Gasteiger partial charge in [-0.2, -0.15) is 0 Å². The van der Waals surface area contributed by atoms with Gasteiger partial charge in [0.1, 0.15) is 11.5 Å². The first kappa shape index (κ1) is 32.6. The highest BCUT2D eigenvalue weighted by Gasteiger charge is 2.54. The smallest absolute Gasteiger partial charge is 0.345 e. The van der Waals surface area contributed by atoms with Crippen molar-refractivity contribution in [1.82, 2.24) is 0 Å². The molecule has 0 amide bonds. The van der Waals surface area contributed by atoms with Gasteiger partial charge in [0.05, 0.1) is 26.4 Å². The molecule has 2 fully saturated rings. The Kier molecular flexibility index (Phi) is 10.7. The number of ketones is 1. The second-order valence-corrected chi connectivity index (χ2v) is 16.3. The number of hydrogen-bond donors (Lipinski definition) is 0. The maximum atomic E-state index is 13.7. The van der Waals surface area contributed by atoms with Crippen LogP contribution in [0, 0.1) is 17.3 Å². The van der Waals surface area contributed by atoms with Gasteiger partial charge in [0, 0.05) is 18.3 Å². The Hall–Kier alpha value is -1.34. The molecule has 11 heteroatoms. The molecule has 1 aromatic carbocycles. The molecule has 0 unspecified atom stereocenters. The first-order chi connectivity index (χ1) is 19.5. The summed E-state index contributed by atoms with van der Waals surface area (Å²) in [6, 6.07) is 5.86. The fraction of sp³-hybridized carbons (Fsp3) is 0.733. The summed E-state index contributed by atoms with van der Waals surface area (Å²) < 4.78 is 55.1. The third kappa shape index (κ3) is 6.61. The molecule has 0 N–H and O–H groups in total. The van der Waals surface area contributed by atoms with Crippen molar-refractivity contribution >= 4 is 26.9 Å². The zero-order chi connectivity index (χ0) is 29.8. The fourth-order valence-corrected chi connectivity index (χ4v) is 12.8. The number of rotatable bonds is 14. The van der Waals surface area contributed by atoms with Crippen molar-refractivity contribution in [3.8, 4) is 5.75 Å². The number of fused-ring (bicyclic) bond motifs is 5. The summed E-state index contributed by atoms with van der Waals surface area (Å²) in [5.41, 5.74) is 2.34. The number of hydrogen-bond acceptors (Lipinski definition) is 9. The van der Waals surface area contributed by atoms with Gasteiger partial charge in [-0.25, -0.2) is 0 Å². The Bertz CT molecular complexity index is 1150. The molecule has 4 rings (SSSR count). The van der Waals surface area contributed by atoms with E-state index in [1.54, 1.807) is 27.7 Å². The van der Waals surface area contributed by atoms with E-state index < -0.39 is 26.6 Å². The lowest BCUT2D eigenvalue weighted by molar-refractivity contribution is -0.134. The largest absolute Gasteiger partial charge is 0.427 e. The van der Waals surface area contributed by atoms with Crippen LogP contribution in [-0.4, -0.2) is 43.6 Å². The van der Waals surface area contributed by atoms with Crippen molar-refractivity contribution < 1.29 is 41.6 Å². The highest BCUT2D eigenvalue weighted by Crippen LogP contribution is 2.71. The lowest BCUT2D eigenvalue weighted by atomic mass is 9.55. The van der Waals surface area contributed by atoms with E-state index in [1.807, 2.05) is 12.1 Å². The zero-order valence-corrected chi connectivity index (χ0v) is 26.9. The molecule has 0 saturated heterocycles. The van der Waals surface area contributed by atoms with E-state index in [-0.39, 0.29) is 44.7 Å². The Balaban J connectivity index is 1.46. The molecule has 0 bridgehead atoms. The minimum Gasteiger partial charge on any atom is -0.427 e. The van der Waals surface area contributed by atoms with Crippen LogP contribution in [0.15, 0.2) is 18.2 Å². The van der Waals surface area contributed by atoms with Crippen LogP contribution >= 0.6 is 15.2 Å². The summed E-state index contributed by atoms with van der Waals surface area (Å²) in [5, 5.41) is -1.26. The third-order valence-electron chi connectivity index (χ3n) is 9.21. The van der Waals surface area contributed by atoms with Gasteiger partial charge < -0.3 is 22.8 Å². The van der Waals surface area contributed by atoms with E-state index in [9.17, 15) is 18.7 Å². The minimum atomic E-state index is -3.94. The van der Waals surface area contributed by atoms with E-state index in [2.05, 4.69) is 13.0 Å². The first-order valence-corrected chi connectivity index (χ1v) is 18.4. The Morgan fingerprint density at radius 1 is 0.927 bits per heavy atom. The van der Waals surface area contributed by atoms with Gasteiger partial charge in [-0.1, -0.05) is 13.0 Å². The molecule has 4 atom stereocenters. The summed E-state index contributed by atoms with van der Waals surface area (Å²) in [6.07, 6.45) is 5.31. The molecule has 9 nitrogen and oxygen atoms in total. The normalized spacial score (nSPS) is 26.0. The summed E-state index contributed by atoms with van der Waals surface area (Å²) in [7, 11) is -7.88. The predicted molar refractivity (Wildman–Crippen MR) is 156 cm³/mol. The Morgan fingerprint density at radius 2 is 1.54 bits per heavy atom. The Labute approximate surface area is 244 Å². The first-order valence-electron chi connectivity index (χ1n) is 15.2. The van der Waals surface area contributed by atoms with Gasteiger partial charge in [0.2, 0.25) is 0 Å². The van der Waals surface area contributed by atoms with Crippen molar-refractivity contribution in [2.45, 2.75) is 97.3 Å². The van der Waals surface area contributed by atoms with Crippen LogP contribution in [0.5, 0.6) is 5.75 Å². The van der Waals surface area contributed by atoms with Gasteiger partial charge in [-0.3, -0.25) is 18.7 Å². The molecular weight excluding hydrogens is 566 g/mol. The topological polar surface area (TPSA) is 114 Å². The molecular formula is C30H46O9P2. The van der Waals surface area contributed by atoms with E-state index >= 15 is 0 Å². The summed E-state index contributed by atoms with van der Waals surface area (Å²) in [4.78, 5) is 25.6. The van der Waals surface area contributed by atoms with Crippen LogP contribution in [0.4, 0.5) is 0 Å². The van der Waals surface area contributed by atoms with Gasteiger partial charge in [0.25, 0.3) is 0 Å². The molecule has 41 heavy (non-hydrogen) atoms. The number of esters is 1. The molecule has 2 saturated carbocycles. The number of aryl methyl sites for hydroxylation is 1. The second-order valence-electron chi connectivity index (χ2n) is 11.4. The monoisotopic (exact) mass is 612 g/mol. The summed E-state index contributed by atoms with van der Waals surface area (Å²) >= 11 is 0. The predicted octanol–water partition coefficient (Wildman–Crippen LogP) is 7.66. The number of carbonyl (C=O) groups excluding carboxylic acids is 2. The average Bonchev–Trinajstić information content (AvgIpc) is 3.23. The number of ether oxygens (including phenoxy) is 1. The minimum absolute atomic E-state index is 0.0732.